The first-order chi connectivity index (χ1) is 10.0. The number of fused-ring (bicyclic) bond motifs is 1. The molecule has 106 valence electrons. The molecule has 1 N–H and O–H groups in total. The Morgan fingerprint density at radius 3 is 2.76 bits per heavy atom. The lowest BCUT2D eigenvalue weighted by atomic mass is 10.1. The molecule has 3 nitrogen and oxygen atoms in total. The highest BCUT2D eigenvalue weighted by Gasteiger charge is 2.09. The van der Waals surface area contributed by atoms with Crippen molar-refractivity contribution in [1.82, 2.24) is 4.57 Å². The van der Waals surface area contributed by atoms with E-state index in [-0.39, 0.29) is 11.4 Å². The van der Waals surface area contributed by atoms with Crippen LogP contribution in [0.3, 0.4) is 0 Å². The van der Waals surface area contributed by atoms with Crippen molar-refractivity contribution in [2.45, 2.75) is 6.54 Å². The van der Waals surface area contributed by atoms with Crippen molar-refractivity contribution in [1.29, 1.82) is 0 Å². The average Bonchev–Trinajstić information content (AvgIpc) is 2.85. The van der Waals surface area contributed by atoms with Crippen LogP contribution in [0, 0.1) is 5.82 Å². The number of nitrogens with zero attached hydrogens (tertiary/aromatic N) is 1. The van der Waals surface area contributed by atoms with Crippen LogP contribution in [0.1, 0.15) is 15.9 Å². The second kappa shape index (κ2) is 5.33. The van der Waals surface area contributed by atoms with Crippen LogP contribution in [0.4, 0.5) is 4.39 Å². The smallest absolute Gasteiger partial charge is 0.335 e. The van der Waals surface area contributed by atoms with Gasteiger partial charge in [-0.2, -0.15) is 0 Å². The number of carboxylic acids is 1. The lowest BCUT2D eigenvalue weighted by molar-refractivity contribution is 0.0697. The van der Waals surface area contributed by atoms with Gasteiger partial charge < -0.3 is 9.67 Å². The van der Waals surface area contributed by atoms with Crippen LogP contribution >= 0.6 is 15.9 Å². The summed E-state index contributed by atoms with van der Waals surface area (Å²) in [6.45, 7) is 0.390. The van der Waals surface area contributed by atoms with E-state index >= 15 is 0 Å². The minimum Gasteiger partial charge on any atom is -0.478 e. The Hall–Kier alpha value is -2.14. The van der Waals surface area contributed by atoms with E-state index in [1.54, 1.807) is 30.3 Å². The molecular formula is C16H11BrFNO2. The highest BCUT2D eigenvalue weighted by atomic mass is 79.9. The zero-order valence-electron chi connectivity index (χ0n) is 10.9. The lowest BCUT2D eigenvalue weighted by Gasteiger charge is -2.08. The molecule has 0 atom stereocenters. The zero-order chi connectivity index (χ0) is 15.0. The molecular weight excluding hydrogens is 337 g/mol. The predicted molar refractivity (Wildman–Crippen MR) is 82.1 cm³/mol. The summed E-state index contributed by atoms with van der Waals surface area (Å²) in [6, 6.07) is 11.6. The van der Waals surface area contributed by atoms with Crippen LogP contribution < -0.4 is 0 Å². The van der Waals surface area contributed by atoms with Crippen molar-refractivity contribution in [3.8, 4) is 0 Å². The fourth-order valence-corrected chi connectivity index (χ4v) is 2.73. The minimum atomic E-state index is -0.956. The Balaban J connectivity index is 2.01. The number of halogens is 2. The van der Waals surface area contributed by atoms with E-state index in [9.17, 15) is 9.18 Å². The molecule has 0 unspecified atom stereocenters. The molecule has 0 radical (unpaired) electrons. The fraction of sp³-hybridized carbons (Fsp3) is 0.0625. The monoisotopic (exact) mass is 347 g/mol. The molecule has 1 heterocycles. The molecule has 0 saturated heterocycles. The van der Waals surface area contributed by atoms with Crippen LogP contribution in [0.15, 0.2) is 53.1 Å². The second-order valence-corrected chi connectivity index (χ2v) is 5.67. The molecule has 0 aliphatic heterocycles. The van der Waals surface area contributed by atoms with E-state index in [0.717, 1.165) is 15.4 Å². The van der Waals surface area contributed by atoms with Crippen LogP contribution in [0.2, 0.25) is 0 Å². The van der Waals surface area contributed by atoms with Gasteiger partial charge in [-0.15, -0.1) is 0 Å². The van der Waals surface area contributed by atoms with Crippen LogP contribution in [-0.2, 0) is 6.54 Å². The number of benzene rings is 2. The van der Waals surface area contributed by atoms with Gasteiger partial charge in [0, 0.05) is 27.1 Å². The number of hydrogen-bond acceptors (Lipinski definition) is 1. The maximum absolute atomic E-state index is 13.8. The van der Waals surface area contributed by atoms with Crippen molar-refractivity contribution in [3.63, 3.8) is 0 Å². The Kier molecular flexibility index (Phi) is 3.51. The molecule has 2 aromatic carbocycles. The number of hydrogen-bond donors (Lipinski definition) is 1. The van der Waals surface area contributed by atoms with Crippen molar-refractivity contribution in [2.75, 3.05) is 0 Å². The third-order valence-corrected chi connectivity index (χ3v) is 3.86. The Bertz CT molecular complexity index is 841. The molecule has 0 saturated carbocycles. The molecule has 3 aromatic rings. The molecule has 21 heavy (non-hydrogen) atoms. The molecule has 0 amide bonds. The van der Waals surface area contributed by atoms with Gasteiger partial charge in [-0.1, -0.05) is 15.9 Å². The maximum atomic E-state index is 13.8. The van der Waals surface area contributed by atoms with Gasteiger partial charge in [-0.25, -0.2) is 9.18 Å². The summed E-state index contributed by atoms with van der Waals surface area (Å²) in [5.74, 6) is -1.22. The maximum Gasteiger partial charge on any atom is 0.335 e. The van der Waals surface area contributed by atoms with E-state index < -0.39 is 5.97 Å². The van der Waals surface area contributed by atoms with E-state index in [1.165, 1.54) is 6.07 Å². The molecule has 0 aliphatic rings. The summed E-state index contributed by atoms with van der Waals surface area (Å²) < 4.78 is 16.5. The largest absolute Gasteiger partial charge is 0.478 e. The normalized spacial score (nSPS) is 11.0. The topological polar surface area (TPSA) is 42.2 Å². The summed E-state index contributed by atoms with van der Waals surface area (Å²) >= 11 is 3.33. The standard InChI is InChI=1S/C16H11BrFNO2/c17-13-2-3-14(18)12(8-13)9-19-6-5-10-7-11(16(20)21)1-4-15(10)19/h1-8H,9H2,(H,20,21). The van der Waals surface area contributed by atoms with Gasteiger partial charge in [0.15, 0.2) is 0 Å². The van der Waals surface area contributed by atoms with Gasteiger partial charge in [-0.05, 0) is 42.5 Å². The zero-order valence-corrected chi connectivity index (χ0v) is 12.5. The van der Waals surface area contributed by atoms with Crippen molar-refractivity contribution >= 4 is 32.8 Å². The van der Waals surface area contributed by atoms with Crippen LogP contribution in [0.25, 0.3) is 10.9 Å². The molecule has 1 aromatic heterocycles. The summed E-state index contributed by atoms with van der Waals surface area (Å²) in [4.78, 5) is 11.0. The predicted octanol–water partition coefficient (Wildman–Crippen LogP) is 4.29. The third-order valence-electron chi connectivity index (χ3n) is 3.37. The molecule has 0 fully saturated rings. The number of aromatic nitrogens is 1. The van der Waals surface area contributed by atoms with E-state index in [4.69, 9.17) is 5.11 Å². The Labute approximate surface area is 128 Å². The quantitative estimate of drug-likeness (QED) is 0.767. The van der Waals surface area contributed by atoms with Crippen molar-refractivity contribution < 1.29 is 14.3 Å². The van der Waals surface area contributed by atoms with Gasteiger partial charge in [0.05, 0.1) is 12.1 Å². The number of carbonyl (C=O) groups is 1. The average molecular weight is 348 g/mol. The Morgan fingerprint density at radius 1 is 1.19 bits per heavy atom. The molecule has 0 bridgehead atoms. The number of aromatic carboxylic acids is 1. The van der Waals surface area contributed by atoms with Crippen LogP contribution in [0.5, 0.6) is 0 Å². The fourth-order valence-electron chi connectivity index (χ4n) is 2.32. The van der Waals surface area contributed by atoms with E-state index in [1.807, 2.05) is 16.8 Å². The van der Waals surface area contributed by atoms with Crippen LogP contribution in [-0.4, -0.2) is 15.6 Å². The SMILES string of the molecule is O=C(O)c1ccc2c(ccn2Cc2cc(Br)ccc2F)c1. The summed E-state index contributed by atoms with van der Waals surface area (Å²) in [7, 11) is 0. The summed E-state index contributed by atoms with van der Waals surface area (Å²) in [5.41, 5.74) is 1.69. The first-order valence-corrected chi connectivity index (χ1v) is 7.10. The highest BCUT2D eigenvalue weighted by molar-refractivity contribution is 9.10. The Morgan fingerprint density at radius 2 is 2.00 bits per heavy atom. The van der Waals surface area contributed by atoms with E-state index in [2.05, 4.69) is 15.9 Å². The molecule has 0 spiro atoms. The summed E-state index contributed by atoms with van der Waals surface area (Å²) in [5, 5.41) is 9.82. The van der Waals surface area contributed by atoms with Gasteiger partial charge in [0.2, 0.25) is 0 Å². The summed E-state index contributed by atoms with van der Waals surface area (Å²) in [6.07, 6.45) is 1.83. The van der Waals surface area contributed by atoms with E-state index in [0.29, 0.717) is 12.1 Å². The highest BCUT2D eigenvalue weighted by Crippen LogP contribution is 2.21. The molecule has 3 rings (SSSR count). The third kappa shape index (κ3) is 2.69. The van der Waals surface area contributed by atoms with Crippen molar-refractivity contribution in [3.05, 3.63) is 70.1 Å². The van der Waals surface area contributed by atoms with Gasteiger partial charge in [-0.3, -0.25) is 0 Å². The molecule has 5 heteroatoms. The second-order valence-electron chi connectivity index (χ2n) is 4.76. The van der Waals surface area contributed by atoms with Gasteiger partial charge >= 0.3 is 5.97 Å². The van der Waals surface area contributed by atoms with Gasteiger partial charge in [0.25, 0.3) is 0 Å². The minimum absolute atomic E-state index is 0.244. The first-order valence-electron chi connectivity index (χ1n) is 6.31. The number of rotatable bonds is 3. The lowest BCUT2D eigenvalue weighted by Crippen LogP contribution is -2.01. The number of carboxylic acid groups (broad SMARTS) is 1. The van der Waals surface area contributed by atoms with Crippen molar-refractivity contribution in [2.24, 2.45) is 0 Å². The van der Waals surface area contributed by atoms with Gasteiger partial charge in [0.1, 0.15) is 5.82 Å². The first kappa shape index (κ1) is 13.8. The molecule has 0 aliphatic carbocycles.